The second-order valence-corrected chi connectivity index (χ2v) is 8.40. The summed E-state index contributed by atoms with van der Waals surface area (Å²) in [6.45, 7) is 3.67. The minimum Gasteiger partial charge on any atom is -0.459 e. The number of alkyl carbamates (subject to hydrolysis) is 1. The van der Waals surface area contributed by atoms with E-state index in [1.807, 2.05) is 36.4 Å². The SMILES string of the molecule is CC(C)(C)OC(=O)NCC(=O)N(CC(=O)OCc1ccccc1)CC(=O)OCc1ccccc1. The van der Waals surface area contributed by atoms with Crippen LogP contribution in [0.15, 0.2) is 60.7 Å². The van der Waals surface area contributed by atoms with Gasteiger partial charge in [-0.15, -0.1) is 0 Å². The maximum Gasteiger partial charge on any atom is 0.408 e. The Kier molecular flexibility index (Phi) is 10.1. The van der Waals surface area contributed by atoms with Gasteiger partial charge in [0, 0.05) is 0 Å². The first kappa shape index (κ1) is 26.4. The molecule has 0 radical (unpaired) electrons. The van der Waals surface area contributed by atoms with E-state index in [9.17, 15) is 19.2 Å². The molecule has 0 saturated carbocycles. The maximum atomic E-state index is 12.7. The van der Waals surface area contributed by atoms with Crippen molar-refractivity contribution < 1.29 is 33.4 Å². The normalized spacial score (nSPS) is 10.7. The molecule has 0 aliphatic carbocycles. The number of nitrogens with zero attached hydrogens (tertiary/aromatic N) is 1. The minimum absolute atomic E-state index is 0.0241. The molecule has 0 fully saturated rings. The first-order valence-electron chi connectivity index (χ1n) is 10.8. The molecule has 0 aliphatic rings. The quantitative estimate of drug-likeness (QED) is 0.420. The number of carbonyl (C=O) groups is 4. The van der Waals surface area contributed by atoms with Crippen LogP contribution in [0.25, 0.3) is 0 Å². The van der Waals surface area contributed by atoms with E-state index in [2.05, 4.69) is 5.32 Å². The topological polar surface area (TPSA) is 111 Å². The fourth-order valence-electron chi connectivity index (χ4n) is 2.69. The molecule has 1 N–H and O–H groups in total. The molecule has 2 rings (SSSR count). The van der Waals surface area contributed by atoms with Crippen molar-refractivity contribution in [3.05, 3.63) is 71.8 Å². The Morgan fingerprint density at radius 2 is 1.21 bits per heavy atom. The number of rotatable bonds is 10. The van der Waals surface area contributed by atoms with Crippen LogP contribution in [0.2, 0.25) is 0 Å². The molecule has 2 aromatic carbocycles. The zero-order chi connectivity index (χ0) is 25.0. The number of hydrogen-bond acceptors (Lipinski definition) is 7. The van der Waals surface area contributed by atoms with Crippen molar-refractivity contribution in [1.82, 2.24) is 10.2 Å². The van der Waals surface area contributed by atoms with Crippen LogP contribution >= 0.6 is 0 Å². The van der Waals surface area contributed by atoms with Crippen LogP contribution in [0, 0.1) is 0 Å². The standard InChI is InChI=1S/C25H30N2O7/c1-25(2,3)34-24(31)26-14-21(28)27(15-22(29)32-17-19-10-6-4-7-11-19)16-23(30)33-18-20-12-8-5-9-13-20/h4-13H,14-18H2,1-3H3,(H,26,31). The first-order chi connectivity index (χ1) is 16.1. The van der Waals surface area contributed by atoms with Gasteiger partial charge in [-0.05, 0) is 31.9 Å². The van der Waals surface area contributed by atoms with E-state index in [4.69, 9.17) is 14.2 Å². The van der Waals surface area contributed by atoms with Crippen molar-refractivity contribution in [2.45, 2.75) is 39.6 Å². The molecule has 2 aromatic rings. The van der Waals surface area contributed by atoms with Gasteiger partial charge in [0.05, 0.1) is 0 Å². The Morgan fingerprint density at radius 1 is 0.765 bits per heavy atom. The molecule has 34 heavy (non-hydrogen) atoms. The summed E-state index contributed by atoms with van der Waals surface area (Å²) in [6, 6.07) is 18.1. The maximum absolute atomic E-state index is 12.7. The molecule has 9 heteroatoms. The van der Waals surface area contributed by atoms with Gasteiger partial charge in [0.1, 0.15) is 38.4 Å². The van der Waals surface area contributed by atoms with E-state index < -0.39 is 49.2 Å². The van der Waals surface area contributed by atoms with Gasteiger partial charge >= 0.3 is 18.0 Å². The Labute approximate surface area is 199 Å². The molecular formula is C25H30N2O7. The number of ether oxygens (including phenoxy) is 3. The predicted molar refractivity (Wildman–Crippen MR) is 123 cm³/mol. The number of esters is 2. The number of nitrogens with one attached hydrogen (secondary N) is 1. The number of carbonyl (C=O) groups excluding carboxylic acids is 4. The van der Waals surface area contributed by atoms with Crippen LogP contribution in [0.1, 0.15) is 31.9 Å². The minimum atomic E-state index is -0.792. The Morgan fingerprint density at radius 3 is 1.62 bits per heavy atom. The lowest BCUT2D eigenvalue weighted by Gasteiger charge is -2.22. The van der Waals surface area contributed by atoms with E-state index in [1.54, 1.807) is 45.0 Å². The second-order valence-electron chi connectivity index (χ2n) is 8.40. The van der Waals surface area contributed by atoms with Crippen molar-refractivity contribution in [3.63, 3.8) is 0 Å². The molecule has 2 amide bonds. The average molecular weight is 471 g/mol. The molecular weight excluding hydrogens is 440 g/mol. The third-order valence-electron chi connectivity index (χ3n) is 4.26. The van der Waals surface area contributed by atoms with Crippen LogP contribution in [0.4, 0.5) is 4.79 Å². The van der Waals surface area contributed by atoms with Crippen LogP contribution < -0.4 is 5.32 Å². The van der Waals surface area contributed by atoms with Crippen molar-refractivity contribution in [2.75, 3.05) is 19.6 Å². The summed E-state index contributed by atoms with van der Waals surface area (Å²) in [6.07, 6.45) is -0.792. The van der Waals surface area contributed by atoms with Gasteiger partial charge in [0.15, 0.2) is 0 Å². The van der Waals surface area contributed by atoms with Gasteiger partial charge in [-0.25, -0.2) is 4.79 Å². The predicted octanol–water partition coefficient (Wildman–Crippen LogP) is 2.83. The highest BCUT2D eigenvalue weighted by molar-refractivity contribution is 5.88. The summed E-state index contributed by atoms with van der Waals surface area (Å²) in [5.41, 5.74) is 0.820. The zero-order valence-corrected chi connectivity index (χ0v) is 19.6. The van der Waals surface area contributed by atoms with Crippen molar-refractivity contribution in [3.8, 4) is 0 Å². The molecule has 0 spiro atoms. The van der Waals surface area contributed by atoms with Gasteiger partial charge in [0.2, 0.25) is 5.91 Å². The van der Waals surface area contributed by atoms with E-state index in [0.717, 1.165) is 16.0 Å². The highest BCUT2D eigenvalue weighted by Crippen LogP contribution is 2.07. The monoisotopic (exact) mass is 470 g/mol. The molecule has 0 aromatic heterocycles. The van der Waals surface area contributed by atoms with Gasteiger partial charge < -0.3 is 24.4 Å². The van der Waals surface area contributed by atoms with Crippen LogP contribution in [-0.2, 0) is 41.8 Å². The van der Waals surface area contributed by atoms with Crippen molar-refractivity contribution >= 4 is 23.9 Å². The summed E-state index contributed by atoms with van der Waals surface area (Å²) in [4.78, 5) is 50.2. The Balaban J connectivity index is 1.94. The van der Waals surface area contributed by atoms with Gasteiger partial charge in [-0.2, -0.15) is 0 Å². The molecule has 0 saturated heterocycles. The smallest absolute Gasteiger partial charge is 0.408 e. The van der Waals surface area contributed by atoms with E-state index in [0.29, 0.717) is 0 Å². The third kappa shape index (κ3) is 10.6. The van der Waals surface area contributed by atoms with Gasteiger partial charge in [0.25, 0.3) is 0 Å². The highest BCUT2D eigenvalue weighted by atomic mass is 16.6. The molecule has 0 bridgehead atoms. The van der Waals surface area contributed by atoms with Crippen LogP contribution in [0.3, 0.4) is 0 Å². The summed E-state index contributed by atoms with van der Waals surface area (Å²) >= 11 is 0. The van der Waals surface area contributed by atoms with Crippen molar-refractivity contribution in [1.29, 1.82) is 0 Å². The lowest BCUT2D eigenvalue weighted by atomic mass is 10.2. The molecule has 182 valence electrons. The fourth-order valence-corrected chi connectivity index (χ4v) is 2.69. The van der Waals surface area contributed by atoms with Gasteiger partial charge in [-0.1, -0.05) is 60.7 Å². The zero-order valence-electron chi connectivity index (χ0n) is 19.6. The summed E-state index contributed by atoms with van der Waals surface area (Å²) in [5.74, 6) is -2.07. The number of benzene rings is 2. The van der Waals surface area contributed by atoms with E-state index >= 15 is 0 Å². The van der Waals surface area contributed by atoms with Crippen LogP contribution in [-0.4, -0.2) is 54.1 Å². The average Bonchev–Trinajstić information content (AvgIpc) is 2.79. The molecule has 0 unspecified atom stereocenters. The highest BCUT2D eigenvalue weighted by Gasteiger charge is 2.23. The first-order valence-corrected chi connectivity index (χ1v) is 10.8. The summed E-state index contributed by atoms with van der Waals surface area (Å²) in [7, 11) is 0. The lowest BCUT2D eigenvalue weighted by Crippen LogP contribution is -2.46. The Bertz CT molecular complexity index is 899. The molecule has 9 nitrogen and oxygen atoms in total. The van der Waals surface area contributed by atoms with Gasteiger partial charge in [-0.3, -0.25) is 14.4 Å². The summed E-state index contributed by atoms with van der Waals surface area (Å²) < 4.78 is 15.5. The number of amides is 2. The third-order valence-corrected chi connectivity index (χ3v) is 4.26. The molecule has 0 atom stereocenters. The largest absolute Gasteiger partial charge is 0.459 e. The molecule has 0 aliphatic heterocycles. The molecule has 0 heterocycles. The summed E-state index contributed by atoms with van der Waals surface area (Å²) in [5, 5.41) is 2.33. The van der Waals surface area contributed by atoms with E-state index in [-0.39, 0.29) is 13.2 Å². The number of hydrogen-bond donors (Lipinski definition) is 1. The van der Waals surface area contributed by atoms with Crippen LogP contribution in [0.5, 0.6) is 0 Å². The van der Waals surface area contributed by atoms with E-state index in [1.165, 1.54) is 0 Å². The van der Waals surface area contributed by atoms with Crippen molar-refractivity contribution in [2.24, 2.45) is 0 Å². The second kappa shape index (κ2) is 13.0. The fraction of sp³-hybridized carbons (Fsp3) is 0.360. The Hall–Kier alpha value is -3.88. The lowest BCUT2D eigenvalue weighted by molar-refractivity contribution is -0.155.